The molecule has 4 rings (SSSR count). The molecule has 0 radical (unpaired) electrons. The van der Waals surface area contributed by atoms with E-state index in [4.69, 9.17) is 4.42 Å². The van der Waals surface area contributed by atoms with Crippen molar-refractivity contribution in [3.8, 4) is 0 Å². The van der Waals surface area contributed by atoms with Crippen LogP contribution >= 0.6 is 0 Å². The molecule has 0 spiro atoms. The van der Waals surface area contributed by atoms with E-state index >= 15 is 0 Å². The van der Waals surface area contributed by atoms with Gasteiger partial charge in [-0.25, -0.2) is 4.79 Å². The third-order valence-electron chi connectivity index (χ3n) is 4.73. The molecule has 1 aromatic carbocycles. The van der Waals surface area contributed by atoms with Crippen LogP contribution in [-0.2, 0) is 0 Å². The van der Waals surface area contributed by atoms with Crippen molar-refractivity contribution in [2.24, 2.45) is 0 Å². The van der Waals surface area contributed by atoms with Gasteiger partial charge in [0.25, 0.3) is 5.91 Å². The Morgan fingerprint density at radius 1 is 0.862 bits per heavy atom. The molecule has 1 saturated heterocycles. The summed E-state index contributed by atoms with van der Waals surface area (Å²) in [6, 6.07) is 14.0. The van der Waals surface area contributed by atoms with Crippen LogP contribution in [0.4, 0.5) is 21.9 Å². The van der Waals surface area contributed by atoms with Crippen LogP contribution in [0.15, 0.2) is 71.6 Å². The molecule has 2 aromatic heterocycles. The number of rotatable bonds is 4. The first-order chi connectivity index (χ1) is 14.2. The average Bonchev–Trinajstić information content (AvgIpc) is 3.31. The number of urea groups is 1. The molecule has 0 atom stereocenters. The molecule has 1 aliphatic heterocycles. The Morgan fingerprint density at radius 2 is 1.52 bits per heavy atom. The summed E-state index contributed by atoms with van der Waals surface area (Å²) in [6.07, 6.45) is 4.99. The molecule has 29 heavy (non-hydrogen) atoms. The van der Waals surface area contributed by atoms with E-state index < -0.39 is 0 Å². The molecule has 0 bridgehead atoms. The van der Waals surface area contributed by atoms with E-state index in [1.165, 1.54) is 6.26 Å². The zero-order chi connectivity index (χ0) is 20.1. The van der Waals surface area contributed by atoms with Crippen molar-refractivity contribution in [1.82, 2.24) is 9.88 Å². The summed E-state index contributed by atoms with van der Waals surface area (Å²) in [5.41, 5.74) is 2.41. The van der Waals surface area contributed by atoms with E-state index in [0.29, 0.717) is 24.5 Å². The lowest BCUT2D eigenvalue weighted by Crippen LogP contribution is -2.50. The Balaban J connectivity index is 1.28. The van der Waals surface area contributed by atoms with Gasteiger partial charge in [-0.3, -0.25) is 9.78 Å². The maximum Gasteiger partial charge on any atom is 0.321 e. The van der Waals surface area contributed by atoms with Crippen molar-refractivity contribution < 1.29 is 14.0 Å². The number of piperazine rings is 1. The summed E-state index contributed by atoms with van der Waals surface area (Å²) < 4.78 is 5.07. The maximum atomic E-state index is 12.5. The number of nitrogens with one attached hydrogen (secondary N) is 2. The summed E-state index contributed by atoms with van der Waals surface area (Å²) in [5.74, 6) is -0.0767. The average molecular weight is 391 g/mol. The largest absolute Gasteiger partial charge is 0.459 e. The third-order valence-corrected chi connectivity index (χ3v) is 4.73. The van der Waals surface area contributed by atoms with E-state index in [9.17, 15) is 9.59 Å². The van der Waals surface area contributed by atoms with Crippen molar-refractivity contribution in [2.45, 2.75) is 0 Å². The molecule has 0 aliphatic carbocycles. The second-order valence-corrected chi connectivity index (χ2v) is 6.62. The van der Waals surface area contributed by atoms with Gasteiger partial charge in [0.1, 0.15) is 0 Å². The maximum absolute atomic E-state index is 12.5. The van der Waals surface area contributed by atoms with Crippen LogP contribution in [0.25, 0.3) is 0 Å². The summed E-state index contributed by atoms with van der Waals surface area (Å²) in [5, 5.41) is 5.64. The number of carbonyl (C=O) groups excluding carboxylic acids is 2. The predicted molar refractivity (Wildman–Crippen MR) is 110 cm³/mol. The number of benzene rings is 1. The van der Waals surface area contributed by atoms with Gasteiger partial charge < -0.3 is 24.9 Å². The molecular formula is C21H21N5O3. The number of carbonyl (C=O) groups is 2. The van der Waals surface area contributed by atoms with Gasteiger partial charge in [-0.1, -0.05) is 0 Å². The molecule has 1 fully saturated rings. The van der Waals surface area contributed by atoms with Crippen LogP contribution < -0.4 is 15.5 Å². The van der Waals surface area contributed by atoms with E-state index in [2.05, 4.69) is 20.5 Å². The first-order valence-corrected chi connectivity index (χ1v) is 9.35. The lowest BCUT2D eigenvalue weighted by Gasteiger charge is -2.36. The van der Waals surface area contributed by atoms with Gasteiger partial charge in [-0.2, -0.15) is 0 Å². The van der Waals surface area contributed by atoms with Gasteiger partial charge in [-0.15, -0.1) is 0 Å². The Labute approximate surface area is 168 Å². The van der Waals surface area contributed by atoms with E-state index in [0.717, 1.165) is 18.8 Å². The Morgan fingerprint density at radius 3 is 2.14 bits per heavy atom. The molecule has 0 unspecified atom stereocenters. The molecular weight excluding hydrogens is 370 g/mol. The summed E-state index contributed by atoms with van der Waals surface area (Å²) in [7, 11) is 0. The highest BCUT2D eigenvalue weighted by Gasteiger charge is 2.21. The molecule has 8 nitrogen and oxygen atoms in total. The minimum absolute atomic E-state index is 0.133. The topological polar surface area (TPSA) is 90.7 Å². The summed E-state index contributed by atoms with van der Waals surface area (Å²) in [4.78, 5) is 32.6. The quantitative estimate of drug-likeness (QED) is 0.712. The number of nitrogens with zero attached hydrogens (tertiary/aromatic N) is 3. The van der Waals surface area contributed by atoms with Gasteiger partial charge >= 0.3 is 6.03 Å². The van der Waals surface area contributed by atoms with Gasteiger partial charge in [0.15, 0.2) is 5.76 Å². The minimum Gasteiger partial charge on any atom is -0.459 e. The lowest BCUT2D eigenvalue weighted by atomic mass is 10.2. The number of pyridine rings is 1. The van der Waals surface area contributed by atoms with Crippen LogP contribution in [0.5, 0.6) is 0 Å². The van der Waals surface area contributed by atoms with E-state index in [1.807, 2.05) is 12.1 Å². The fourth-order valence-electron chi connectivity index (χ4n) is 3.16. The van der Waals surface area contributed by atoms with Crippen LogP contribution in [0.3, 0.4) is 0 Å². The van der Waals surface area contributed by atoms with Crippen molar-refractivity contribution in [2.75, 3.05) is 41.7 Å². The molecule has 8 heteroatoms. The van der Waals surface area contributed by atoms with Gasteiger partial charge in [-0.05, 0) is 48.5 Å². The van der Waals surface area contributed by atoms with Gasteiger partial charge in [0.2, 0.25) is 0 Å². The van der Waals surface area contributed by atoms with Crippen LogP contribution in [-0.4, -0.2) is 48.0 Å². The van der Waals surface area contributed by atoms with Gasteiger partial charge in [0.05, 0.1) is 6.26 Å². The second-order valence-electron chi connectivity index (χ2n) is 6.62. The van der Waals surface area contributed by atoms with Crippen LogP contribution in [0.2, 0.25) is 0 Å². The number of amides is 3. The van der Waals surface area contributed by atoms with Crippen LogP contribution in [0.1, 0.15) is 10.6 Å². The Hall–Kier alpha value is -3.81. The molecule has 148 valence electrons. The van der Waals surface area contributed by atoms with Gasteiger partial charge in [0, 0.05) is 55.6 Å². The molecule has 3 heterocycles. The van der Waals surface area contributed by atoms with Crippen LogP contribution in [0, 0.1) is 0 Å². The SMILES string of the molecule is O=C(Nc1ccc(NC(=O)N2CCN(c3ccncc3)CC2)cc1)c1ccco1. The number of hydrogen-bond acceptors (Lipinski definition) is 5. The monoisotopic (exact) mass is 391 g/mol. The molecule has 3 amide bonds. The minimum atomic E-state index is -0.321. The highest BCUT2D eigenvalue weighted by atomic mass is 16.3. The molecule has 2 N–H and O–H groups in total. The standard InChI is InChI=1S/C21H21N5O3/c27-20(19-2-1-15-29-19)23-16-3-5-17(6-4-16)24-21(28)26-13-11-25(12-14-26)18-7-9-22-10-8-18/h1-10,15H,11-14H2,(H,23,27)(H,24,28). The fourth-order valence-corrected chi connectivity index (χ4v) is 3.16. The predicted octanol–water partition coefficient (Wildman–Crippen LogP) is 3.28. The summed E-state index contributed by atoms with van der Waals surface area (Å²) >= 11 is 0. The third kappa shape index (κ3) is 4.55. The number of hydrogen-bond donors (Lipinski definition) is 2. The smallest absolute Gasteiger partial charge is 0.321 e. The van der Waals surface area contributed by atoms with E-state index in [-0.39, 0.29) is 17.7 Å². The van der Waals surface area contributed by atoms with Crippen molar-refractivity contribution in [3.63, 3.8) is 0 Å². The first kappa shape index (κ1) is 18.5. The molecule has 0 saturated carbocycles. The Kier molecular flexibility index (Phi) is 5.42. The molecule has 1 aliphatic rings. The lowest BCUT2D eigenvalue weighted by molar-refractivity contribution is 0.0996. The highest BCUT2D eigenvalue weighted by molar-refractivity contribution is 6.02. The van der Waals surface area contributed by atoms with Crippen molar-refractivity contribution >= 4 is 29.0 Å². The number of aromatic nitrogens is 1. The Bertz CT molecular complexity index is 950. The first-order valence-electron chi connectivity index (χ1n) is 9.35. The fraction of sp³-hybridized carbons (Fsp3) is 0.190. The zero-order valence-electron chi connectivity index (χ0n) is 15.7. The summed E-state index contributed by atoms with van der Waals surface area (Å²) in [6.45, 7) is 2.83. The van der Waals surface area contributed by atoms with Crippen molar-refractivity contribution in [3.05, 3.63) is 72.9 Å². The zero-order valence-corrected chi connectivity index (χ0v) is 15.7. The normalized spacial score (nSPS) is 13.8. The number of anilines is 3. The van der Waals surface area contributed by atoms with Crippen molar-refractivity contribution in [1.29, 1.82) is 0 Å². The number of furan rings is 1. The molecule has 3 aromatic rings. The second kappa shape index (κ2) is 8.47. The highest BCUT2D eigenvalue weighted by Crippen LogP contribution is 2.17. The van der Waals surface area contributed by atoms with E-state index in [1.54, 1.807) is 53.7 Å².